The molecule has 1 N–H and O–H groups in total. The van der Waals surface area contributed by atoms with E-state index in [0.717, 1.165) is 31.2 Å². The van der Waals surface area contributed by atoms with Crippen molar-refractivity contribution in [2.24, 2.45) is 11.3 Å². The summed E-state index contributed by atoms with van der Waals surface area (Å²) in [6.07, 6.45) is 3.89. The molecule has 1 saturated heterocycles. The summed E-state index contributed by atoms with van der Waals surface area (Å²) in [5.41, 5.74) is 0.742. The first-order chi connectivity index (χ1) is 12.9. The van der Waals surface area contributed by atoms with Gasteiger partial charge >= 0.3 is 0 Å². The van der Waals surface area contributed by atoms with E-state index in [4.69, 9.17) is 0 Å². The van der Waals surface area contributed by atoms with E-state index < -0.39 is 12.0 Å². The van der Waals surface area contributed by atoms with E-state index in [1.54, 1.807) is 0 Å². The molecule has 4 nitrogen and oxygen atoms in total. The zero-order valence-electron chi connectivity index (χ0n) is 15.4. The minimum atomic E-state index is -2.77. The van der Waals surface area contributed by atoms with E-state index in [1.165, 1.54) is 0 Å². The van der Waals surface area contributed by atoms with Crippen molar-refractivity contribution in [2.45, 2.75) is 56.9 Å². The number of nitrogens with one attached hydrogen (secondary N) is 1. The van der Waals surface area contributed by atoms with Crippen molar-refractivity contribution < 1.29 is 18.4 Å². The van der Waals surface area contributed by atoms with Gasteiger partial charge in [0.05, 0.1) is 12.5 Å². The highest BCUT2D eigenvalue weighted by molar-refractivity contribution is 5.82. The minimum Gasteiger partial charge on any atom is -0.347 e. The largest absolute Gasteiger partial charge is 0.347 e. The third-order valence-corrected chi connectivity index (χ3v) is 6.75. The molecular weight excluding hydrogens is 350 g/mol. The Bertz CT molecular complexity index is 724. The van der Waals surface area contributed by atoms with Crippen LogP contribution in [0.5, 0.6) is 0 Å². The third-order valence-electron chi connectivity index (χ3n) is 6.75. The van der Waals surface area contributed by atoms with Crippen LogP contribution in [0.2, 0.25) is 0 Å². The van der Waals surface area contributed by atoms with Crippen molar-refractivity contribution >= 4 is 11.8 Å². The van der Waals surface area contributed by atoms with Crippen molar-refractivity contribution in [2.75, 3.05) is 13.1 Å². The first kappa shape index (κ1) is 18.4. The highest BCUT2D eigenvalue weighted by Gasteiger charge is 2.54. The maximum absolute atomic E-state index is 13.5. The average Bonchev–Trinajstić information content (AvgIpc) is 3.27. The Morgan fingerprint density at radius 2 is 1.89 bits per heavy atom. The molecule has 146 valence electrons. The molecule has 0 bridgehead atoms. The Kier molecular flexibility index (Phi) is 4.68. The first-order valence-electron chi connectivity index (χ1n) is 9.90. The normalized spacial score (nSPS) is 31.7. The lowest BCUT2D eigenvalue weighted by atomic mass is 9.76. The molecule has 0 aromatic heterocycles. The zero-order chi connectivity index (χ0) is 19.1. The second-order valence-electron chi connectivity index (χ2n) is 8.40. The quantitative estimate of drug-likeness (QED) is 0.878. The molecule has 1 aliphatic heterocycles. The lowest BCUT2D eigenvalue weighted by Crippen LogP contribution is -2.57. The van der Waals surface area contributed by atoms with Crippen LogP contribution in [0, 0.1) is 11.3 Å². The smallest absolute Gasteiger partial charge is 0.267 e. The number of nitrogens with zero attached hydrogens (tertiary/aromatic N) is 1. The van der Waals surface area contributed by atoms with Crippen LogP contribution in [0.3, 0.4) is 0 Å². The molecule has 3 fully saturated rings. The van der Waals surface area contributed by atoms with Crippen LogP contribution in [-0.2, 0) is 16.0 Å². The summed E-state index contributed by atoms with van der Waals surface area (Å²) in [6, 6.07) is 8.62. The van der Waals surface area contributed by atoms with Crippen LogP contribution < -0.4 is 5.32 Å². The van der Waals surface area contributed by atoms with Crippen LogP contribution >= 0.6 is 0 Å². The second-order valence-corrected chi connectivity index (χ2v) is 8.40. The number of carbonyl (C=O) groups is 2. The topological polar surface area (TPSA) is 49.4 Å². The molecule has 1 aromatic carbocycles. The van der Waals surface area contributed by atoms with E-state index in [9.17, 15) is 18.4 Å². The SMILES string of the molecule is O=C(N[C@@H]1CCC1(F)F)[C@@H]1CCC[C@@]12CCN(C(=O)Cc1ccccc1)C2. The molecule has 0 radical (unpaired) electrons. The standard InChI is InChI=1S/C21H26F2N2O2/c22-21(23)10-8-17(21)24-19(27)16-7-4-9-20(16)11-12-25(14-20)18(26)13-15-5-2-1-3-6-15/h1-3,5-6,16-17H,4,7-14H2,(H,24,27)/t16-,17+,20-/m0/s1. The summed E-state index contributed by atoms with van der Waals surface area (Å²) in [5, 5.41) is 2.59. The van der Waals surface area contributed by atoms with Crippen LogP contribution in [0.25, 0.3) is 0 Å². The van der Waals surface area contributed by atoms with Crippen LogP contribution in [-0.4, -0.2) is 41.8 Å². The van der Waals surface area contributed by atoms with Gasteiger partial charge in [-0.15, -0.1) is 0 Å². The number of rotatable bonds is 4. The lowest BCUT2D eigenvalue weighted by Gasteiger charge is -2.39. The number of carbonyl (C=O) groups excluding carboxylic acids is 2. The molecule has 2 saturated carbocycles. The van der Waals surface area contributed by atoms with E-state index in [-0.39, 0.29) is 29.6 Å². The van der Waals surface area contributed by atoms with E-state index in [0.29, 0.717) is 25.9 Å². The van der Waals surface area contributed by atoms with Crippen molar-refractivity contribution in [1.29, 1.82) is 0 Å². The number of amides is 2. The Morgan fingerprint density at radius 1 is 1.11 bits per heavy atom. The highest BCUT2D eigenvalue weighted by atomic mass is 19.3. The molecule has 1 aromatic rings. The molecule has 27 heavy (non-hydrogen) atoms. The van der Waals surface area contributed by atoms with Crippen molar-refractivity contribution in [3.63, 3.8) is 0 Å². The maximum Gasteiger partial charge on any atom is 0.267 e. The Hall–Kier alpha value is -1.98. The van der Waals surface area contributed by atoms with Gasteiger partial charge in [-0.2, -0.15) is 0 Å². The van der Waals surface area contributed by atoms with Crippen LogP contribution in [0.1, 0.15) is 44.1 Å². The first-order valence-corrected chi connectivity index (χ1v) is 9.90. The predicted octanol–water partition coefficient (Wildman–Crippen LogP) is 3.16. The number of hydrogen-bond acceptors (Lipinski definition) is 2. The van der Waals surface area contributed by atoms with E-state index in [2.05, 4.69) is 5.32 Å². The van der Waals surface area contributed by atoms with Crippen molar-refractivity contribution in [3.8, 4) is 0 Å². The molecule has 3 atom stereocenters. The van der Waals surface area contributed by atoms with Crippen LogP contribution in [0.15, 0.2) is 30.3 Å². The highest BCUT2D eigenvalue weighted by Crippen LogP contribution is 2.50. The van der Waals surface area contributed by atoms with Gasteiger partial charge in [-0.05, 0) is 31.2 Å². The van der Waals surface area contributed by atoms with Gasteiger partial charge in [-0.25, -0.2) is 8.78 Å². The number of alkyl halides is 2. The summed E-state index contributed by atoms with van der Waals surface area (Å²) in [6.45, 7) is 1.22. The Balaban J connectivity index is 1.39. The summed E-state index contributed by atoms with van der Waals surface area (Å²) >= 11 is 0. The summed E-state index contributed by atoms with van der Waals surface area (Å²) < 4.78 is 27.1. The van der Waals surface area contributed by atoms with Gasteiger partial charge in [0.15, 0.2) is 0 Å². The summed E-state index contributed by atoms with van der Waals surface area (Å²) in [4.78, 5) is 27.3. The van der Waals surface area contributed by atoms with Crippen molar-refractivity contribution in [3.05, 3.63) is 35.9 Å². The molecule has 3 aliphatic rings. The van der Waals surface area contributed by atoms with Crippen LogP contribution in [0.4, 0.5) is 8.78 Å². The van der Waals surface area contributed by atoms with Gasteiger partial charge < -0.3 is 10.2 Å². The van der Waals surface area contributed by atoms with E-state index in [1.807, 2.05) is 35.2 Å². The molecule has 4 rings (SSSR count). The monoisotopic (exact) mass is 376 g/mol. The number of benzene rings is 1. The van der Waals surface area contributed by atoms with E-state index >= 15 is 0 Å². The Morgan fingerprint density at radius 3 is 2.56 bits per heavy atom. The fourth-order valence-electron chi connectivity index (χ4n) is 4.98. The third kappa shape index (κ3) is 3.46. The molecule has 6 heteroatoms. The molecule has 1 heterocycles. The van der Waals surface area contributed by atoms with Gasteiger partial charge in [-0.3, -0.25) is 9.59 Å². The number of halogens is 2. The van der Waals surface area contributed by atoms with Gasteiger partial charge in [0.2, 0.25) is 11.8 Å². The molecular formula is C21H26F2N2O2. The summed E-state index contributed by atoms with van der Waals surface area (Å²) in [5.74, 6) is -3.19. The molecule has 1 spiro atoms. The van der Waals surface area contributed by atoms with Gasteiger partial charge in [0.1, 0.15) is 0 Å². The maximum atomic E-state index is 13.5. The molecule has 2 aliphatic carbocycles. The fourth-order valence-corrected chi connectivity index (χ4v) is 4.98. The van der Waals surface area contributed by atoms with Gasteiger partial charge in [-0.1, -0.05) is 36.8 Å². The molecule has 0 unspecified atom stereocenters. The van der Waals surface area contributed by atoms with Gasteiger partial charge in [0, 0.05) is 30.8 Å². The number of hydrogen-bond donors (Lipinski definition) is 1. The predicted molar refractivity (Wildman–Crippen MR) is 97.2 cm³/mol. The lowest BCUT2D eigenvalue weighted by molar-refractivity contribution is -0.142. The zero-order valence-corrected chi connectivity index (χ0v) is 15.4. The van der Waals surface area contributed by atoms with Crippen molar-refractivity contribution in [1.82, 2.24) is 10.2 Å². The van der Waals surface area contributed by atoms with Gasteiger partial charge in [0.25, 0.3) is 5.92 Å². The Labute approximate surface area is 158 Å². The second kappa shape index (κ2) is 6.88. The number of likely N-dealkylation sites (tertiary alicyclic amines) is 1. The average molecular weight is 376 g/mol. The fraction of sp³-hybridized carbons (Fsp3) is 0.619. The minimum absolute atomic E-state index is 0.0784. The molecule has 2 amide bonds. The summed E-state index contributed by atoms with van der Waals surface area (Å²) in [7, 11) is 0.